The second-order valence-corrected chi connectivity index (χ2v) is 4.47. The van der Waals surface area contributed by atoms with Crippen LogP contribution in [0.1, 0.15) is 48.9 Å². The molecule has 82 valence electrons. The molecule has 0 heterocycles. The number of aryl methyl sites for hydroxylation is 2. The standard InChI is InChI=1S/C14H21N/c1-3-11-8-9-12-6-4-5-7-14(15-2)13(12)10-11/h8-10,14-15H,3-7H2,1-2H3. The van der Waals surface area contributed by atoms with Gasteiger partial charge in [0.1, 0.15) is 0 Å². The molecule has 1 N–H and O–H groups in total. The lowest BCUT2D eigenvalue weighted by Gasteiger charge is -2.17. The van der Waals surface area contributed by atoms with Crippen LogP contribution in [0.25, 0.3) is 0 Å². The van der Waals surface area contributed by atoms with E-state index < -0.39 is 0 Å². The van der Waals surface area contributed by atoms with Crippen molar-refractivity contribution in [2.45, 2.75) is 45.1 Å². The molecule has 0 bridgehead atoms. The summed E-state index contributed by atoms with van der Waals surface area (Å²) in [6.07, 6.45) is 6.39. The van der Waals surface area contributed by atoms with Crippen LogP contribution in [0, 0.1) is 0 Å². The third-order valence-corrected chi connectivity index (χ3v) is 3.53. The van der Waals surface area contributed by atoms with Crippen LogP contribution < -0.4 is 5.32 Å². The Morgan fingerprint density at radius 3 is 2.93 bits per heavy atom. The van der Waals surface area contributed by atoms with Gasteiger partial charge in [0, 0.05) is 6.04 Å². The maximum Gasteiger partial charge on any atom is 0.0320 e. The maximum absolute atomic E-state index is 3.45. The highest BCUT2D eigenvalue weighted by Gasteiger charge is 2.16. The van der Waals surface area contributed by atoms with Crippen molar-refractivity contribution >= 4 is 0 Å². The fraction of sp³-hybridized carbons (Fsp3) is 0.571. The lowest BCUT2D eigenvalue weighted by atomic mass is 9.96. The summed E-state index contributed by atoms with van der Waals surface area (Å²) in [7, 11) is 2.08. The van der Waals surface area contributed by atoms with Crippen molar-refractivity contribution in [3.63, 3.8) is 0 Å². The molecule has 1 aromatic rings. The van der Waals surface area contributed by atoms with Crippen LogP contribution in [0.3, 0.4) is 0 Å². The average molecular weight is 203 g/mol. The first-order chi connectivity index (χ1) is 7.35. The number of rotatable bonds is 2. The Labute approximate surface area is 92.9 Å². The van der Waals surface area contributed by atoms with Crippen molar-refractivity contribution in [2.75, 3.05) is 7.05 Å². The molecule has 1 unspecified atom stereocenters. The summed E-state index contributed by atoms with van der Waals surface area (Å²) >= 11 is 0. The molecule has 0 aliphatic heterocycles. The molecule has 15 heavy (non-hydrogen) atoms. The van der Waals surface area contributed by atoms with E-state index in [2.05, 4.69) is 37.5 Å². The van der Waals surface area contributed by atoms with Gasteiger partial charge in [-0.15, -0.1) is 0 Å². The van der Waals surface area contributed by atoms with Crippen molar-refractivity contribution in [3.8, 4) is 0 Å². The number of benzene rings is 1. The van der Waals surface area contributed by atoms with Crippen LogP contribution in [0.4, 0.5) is 0 Å². The third kappa shape index (κ3) is 2.23. The van der Waals surface area contributed by atoms with E-state index in [4.69, 9.17) is 0 Å². The van der Waals surface area contributed by atoms with E-state index in [0.717, 1.165) is 6.42 Å². The van der Waals surface area contributed by atoms with Crippen LogP contribution in [0.15, 0.2) is 18.2 Å². The van der Waals surface area contributed by atoms with Crippen molar-refractivity contribution in [1.82, 2.24) is 5.32 Å². The summed E-state index contributed by atoms with van der Waals surface area (Å²) in [4.78, 5) is 0. The quantitative estimate of drug-likeness (QED) is 0.728. The van der Waals surface area contributed by atoms with Gasteiger partial charge < -0.3 is 5.32 Å². The van der Waals surface area contributed by atoms with Crippen LogP contribution in [0.2, 0.25) is 0 Å². The SMILES string of the molecule is CCc1ccc2c(c1)C(NC)CCCC2. The number of nitrogens with one attached hydrogen (secondary N) is 1. The average Bonchev–Trinajstić information content (AvgIpc) is 2.49. The third-order valence-electron chi connectivity index (χ3n) is 3.53. The van der Waals surface area contributed by atoms with Crippen LogP contribution in [0.5, 0.6) is 0 Å². The first-order valence-electron chi connectivity index (χ1n) is 6.14. The molecule has 0 amide bonds. The van der Waals surface area contributed by atoms with Crippen LogP contribution >= 0.6 is 0 Å². The monoisotopic (exact) mass is 203 g/mol. The van der Waals surface area contributed by atoms with Gasteiger partial charge >= 0.3 is 0 Å². The van der Waals surface area contributed by atoms with E-state index >= 15 is 0 Å². The Hall–Kier alpha value is -0.820. The fourth-order valence-electron chi connectivity index (χ4n) is 2.54. The lowest BCUT2D eigenvalue weighted by Crippen LogP contribution is -2.16. The predicted octanol–water partition coefficient (Wildman–Crippen LogP) is 3.24. The minimum absolute atomic E-state index is 0.578. The van der Waals surface area contributed by atoms with E-state index in [9.17, 15) is 0 Å². The second-order valence-electron chi connectivity index (χ2n) is 4.47. The Balaban J connectivity index is 2.38. The van der Waals surface area contributed by atoms with Gasteiger partial charge in [-0.3, -0.25) is 0 Å². The van der Waals surface area contributed by atoms with E-state index in [1.54, 1.807) is 11.1 Å². The summed E-state index contributed by atoms with van der Waals surface area (Å²) in [6, 6.07) is 7.61. The van der Waals surface area contributed by atoms with Crippen molar-refractivity contribution in [2.24, 2.45) is 0 Å². The molecule has 0 saturated carbocycles. The topological polar surface area (TPSA) is 12.0 Å². The van der Waals surface area contributed by atoms with Gasteiger partial charge in [-0.1, -0.05) is 31.5 Å². The summed E-state index contributed by atoms with van der Waals surface area (Å²) in [5.74, 6) is 0. The van der Waals surface area contributed by atoms with Crippen molar-refractivity contribution in [1.29, 1.82) is 0 Å². The lowest BCUT2D eigenvalue weighted by molar-refractivity contribution is 0.533. The largest absolute Gasteiger partial charge is 0.313 e. The second kappa shape index (κ2) is 4.80. The van der Waals surface area contributed by atoms with Gasteiger partial charge in [0.25, 0.3) is 0 Å². The van der Waals surface area contributed by atoms with Crippen LogP contribution in [-0.4, -0.2) is 7.05 Å². The summed E-state index contributed by atoms with van der Waals surface area (Å²) in [5, 5.41) is 3.45. The molecule has 1 heteroatoms. The van der Waals surface area contributed by atoms with Gasteiger partial charge in [-0.25, -0.2) is 0 Å². The molecule has 0 radical (unpaired) electrons. The Bertz CT molecular complexity index is 330. The molecule has 0 fully saturated rings. The normalized spacial score (nSPS) is 20.8. The minimum Gasteiger partial charge on any atom is -0.313 e. The molecular formula is C14H21N. The highest BCUT2D eigenvalue weighted by molar-refractivity contribution is 5.35. The molecule has 1 aliphatic carbocycles. The van der Waals surface area contributed by atoms with Crippen molar-refractivity contribution in [3.05, 3.63) is 34.9 Å². The summed E-state index contributed by atoms with van der Waals surface area (Å²) in [6.45, 7) is 2.23. The first-order valence-corrected chi connectivity index (χ1v) is 6.14. The number of hydrogen-bond donors (Lipinski definition) is 1. The first kappa shape index (κ1) is 10.7. The molecule has 1 atom stereocenters. The molecule has 1 aromatic carbocycles. The van der Waals surface area contributed by atoms with Crippen LogP contribution in [-0.2, 0) is 12.8 Å². The van der Waals surface area contributed by atoms with Gasteiger partial charge in [0.05, 0.1) is 0 Å². The van der Waals surface area contributed by atoms with E-state index in [-0.39, 0.29) is 0 Å². The highest BCUT2D eigenvalue weighted by Crippen LogP contribution is 2.29. The van der Waals surface area contributed by atoms with Gasteiger partial charge in [0.2, 0.25) is 0 Å². The predicted molar refractivity (Wildman–Crippen MR) is 65.2 cm³/mol. The highest BCUT2D eigenvalue weighted by atomic mass is 14.9. The van der Waals surface area contributed by atoms with Gasteiger partial charge in [-0.2, -0.15) is 0 Å². The molecule has 1 nitrogen and oxygen atoms in total. The Kier molecular flexibility index (Phi) is 3.42. The molecule has 0 spiro atoms. The molecule has 1 aliphatic rings. The zero-order chi connectivity index (χ0) is 10.7. The summed E-state index contributed by atoms with van der Waals surface area (Å²) < 4.78 is 0. The Morgan fingerprint density at radius 1 is 1.33 bits per heavy atom. The molecule has 0 aromatic heterocycles. The molecule has 0 saturated heterocycles. The zero-order valence-electron chi connectivity index (χ0n) is 9.84. The van der Waals surface area contributed by atoms with E-state index in [0.29, 0.717) is 6.04 Å². The zero-order valence-corrected chi connectivity index (χ0v) is 9.84. The minimum atomic E-state index is 0.578. The maximum atomic E-state index is 3.45. The molecular weight excluding hydrogens is 182 g/mol. The van der Waals surface area contributed by atoms with E-state index in [1.807, 2.05) is 0 Å². The van der Waals surface area contributed by atoms with Crippen molar-refractivity contribution < 1.29 is 0 Å². The summed E-state index contributed by atoms with van der Waals surface area (Å²) in [5.41, 5.74) is 4.58. The van der Waals surface area contributed by atoms with E-state index in [1.165, 1.54) is 31.2 Å². The fourth-order valence-corrected chi connectivity index (χ4v) is 2.54. The number of hydrogen-bond acceptors (Lipinski definition) is 1. The smallest absolute Gasteiger partial charge is 0.0320 e. The van der Waals surface area contributed by atoms with Gasteiger partial charge in [0.15, 0.2) is 0 Å². The Morgan fingerprint density at radius 2 is 2.20 bits per heavy atom. The molecule has 2 rings (SSSR count). The number of fused-ring (bicyclic) bond motifs is 1. The van der Waals surface area contributed by atoms with Gasteiger partial charge in [-0.05, 0) is 49.4 Å².